The van der Waals surface area contributed by atoms with Crippen LogP contribution in [0.2, 0.25) is 0 Å². The summed E-state index contributed by atoms with van der Waals surface area (Å²) in [6, 6.07) is 17.3. The van der Waals surface area contributed by atoms with Crippen LogP contribution >= 0.6 is 11.8 Å². The Morgan fingerprint density at radius 3 is 2.58 bits per heavy atom. The number of morpholine rings is 1. The minimum Gasteiger partial charge on any atom is -0.430 e. The van der Waals surface area contributed by atoms with E-state index in [9.17, 15) is 4.79 Å². The van der Waals surface area contributed by atoms with Crippen LogP contribution in [0.1, 0.15) is 40.0 Å². The fourth-order valence-corrected chi connectivity index (χ4v) is 4.09. The highest BCUT2D eigenvalue weighted by molar-refractivity contribution is 8.13. The van der Waals surface area contributed by atoms with Crippen molar-refractivity contribution in [2.45, 2.75) is 12.8 Å². The van der Waals surface area contributed by atoms with Crippen LogP contribution in [0.5, 0.6) is 0 Å². The summed E-state index contributed by atoms with van der Waals surface area (Å²) in [5.74, 6) is -0.0208. The van der Waals surface area contributed by atoms with Crippen LogP contribution in [0.3, 0.4) is 0 Å². The minimum atomic E-state index is -0.0302. The summed E-state index contributed by atoms with van der Waals surface area (Å²) < 4.78 is 11.1. The van der Waals surface area contributed by atoms with Crippen LogP contribution < -0.4 is 0 Å². The molecule has 0 N–H and O–H groups in total. The van der Waals surface area contributed by atoms with Gasteiger partial charge in [0, 0.05) is 30.1 Å². The summed E-state index contributed by atoms with van der Waals surface area (Å²) in [6.07, 6.45) is 3.64. The maximum Gasteiger partial charge on any atom is 0.324 e. The topological polar surface area (TPSA) is 67.9 Å². The Balaban J connectivity index is 1.53. The Morgan fingerprint density at radius 1 is 1.10 bits per heavy atom. The van der Waals surface area contributed by atoms with Crippen molar-refractivity contribution in [3.05, 3.63) is 83.2 Å². The first-order chi connectivity index (χ1) is 15.2. The molecule has 0 radical (unpaired) electrons. The lowest BCUT2D eigenvalue weighted by Gasteiger charge is -2.28. The summed E-state index contributed by atoms with van der Waals surface area (Å²) in [6.45, 7) is 5.07. The lowest BCUT2D eigenvalue weighted by atomic mass is 9.94. The number of carbonyl (C=O) groups excluding carboxylic acids is 1. The molecule has 1 atom stereocenters. The number of ether oxygens (including phenoxy) is 1. The van der Waals surface area contributed by atoms with E-state index in [2.05, 4.69) is 21.8 Å². The summed E-state index contributed by atoms with van der Waals surface area (Å²) >= 11 is 1.57. The third kappa shape index (κ3) is 5.06. The van der Waals surface area contributed by atoms with E-state index in [1.807, 2.05) is 60.9 Å². The zero-order valence-corrected chi connectivity index (χ0v) is 18.5. The number of benzene rings is 2. The van der Waals surface area contributed by atoms with E-state index in [0.717, 1.165) is 29.5 Å². The molecule has 160 valence electrons. The van der Waals surface area contributed by atoms with Gasteiger partial charge in [0.15, 0.2) is 11.0 Å². The van der Waals surface area contributed by atoms with Crippen LogP contribution in [0.4, 0.5) is 6.01 Å². The van der Waals surface area contributed by atoms with Gasteiger partial charge in [0.2, 0.25) is 0 Å². The van der Waals surface area contributed by atoms with Gasteiger partial charge in [-0.15, -0.1) is 0 Å². The predicted molar refractivity (Wildman–Crippen MR) is 123 cm³/mol. The molecule has 0 spiro atoms. The molecule has 3 aromatic rings. The van der Waals surface area contributed by atoms with Gasteiger partial charge < -0.3 is 14.1 Å². The number of aromatic nitrogens is 1. The SMILES string of the molecule is CS/C(=N\c1nc(C(C)c2cccc(C(=O)c3ccccc3)c2)co1)N1CCOCC1. The highest BCUT2D eigenvalue weighted by Crippen LogP contribution is 2.27. The number of hydrogen-bond acceptors (Lipinski definition) is 6. The van der Waals surface area contributed by atoms with Gasteiger partial charge in [0.1, 0.15) is 6.26 Å². The number of thioether (sulfide) groups is 1. The first-order valence-electron chi connectivity index (χ1n) is 10.3. The van der Waals surface area contributed by atoms with Gasteiger partial charge in [-0.3, -0.25) is 4.79 Å². The summed E-state index contributed by atoms with van der Waals surface area (Å²) in [7, 11) is 0. The number of rotatable bonds is 5. The molecule has 4 rings (SSSR count). The van der Waals surface area contributed by atoms with Gasteiger partial charge >= 0.3 is 6.01 Å². The molecule has 31 heavy (non-hydrogen) atoms. The molecular formula is C24H25N3O3S. The molecule has 2 aromatic carbocycles. The second-order valence-corrected chi connectivity index (χ2v) is 8.07. The Kier molecular flexibility index (Phi) is 6.84. The monoisotopic (exact) mass is 435 g/mol. The van der Waals surface area contributed by atoms with Crippen molar-refractivity contribution in [2.24, 2.45) is 4.99 Å². The standard InChI is InChI=1S/C24H25N3O3S/c1-17(19-9-6-10-20(15-19)22(28)18-7-4-3-5-8-18)21-16-30-23(25-21)26-24(31-2)27-11-13-29-14-12-27/h3-10,15-17H,11-14H2,1-2H3/b26-24-. The second-order valence-electron chi connectivity index (χ2n) is 7.30. The normalized spacial score (nSPS) is 15.7. The molecule has 0 bridgehead atoms. The van der Waals surface area contributed by atoms with Crippen LogP contribution in [-0.2, 0) is 4.74 Å². The predicted octanol–water partition coefficient (Wildman–Crippen LogP) is 4.74. The molecule has 1 aliphatic rings. The maximum absolute atomic E-state index is 12.8. The fraction of sp³-hybridized carbons (Fsp3) is 0.292. The molecule has 1 aliphatic heterocycles. The van der Waals surface area contributed by atoms with Gasteiger partial charge in [-0.2, -0.15) is 9.98 Å². The van der Waals surface area contributed by atoms with Gasteiger partial charge in [-0.1, -0.05) is 67.2 Å². The first-order valence-corrected chi connectivity index (χ1v) is 11.5. The smallest absolute Gasteiger partial charge is 0.324 e. The molecule has 1 fully saturated rings. The zero-order chi connectivity index (χ0) is 21.6. The minimum absolute atomic E-state index is 0.00946. The number of aliphatic imine (C=N–C) groups is 1. The summed E-state index contributed by atoms with van der Waals surface area (Å²) in [5.41, 5.74) is 3.13. The molecule has 1 saturated heterocycles. The van der Waals surface area contributed by atoms with Gasteiger partial charge in [-0.05, 0) is 17.9 Å². The lowest BCUT2D eigenvalue weighted by molar-refractivity contribution is 0.0693. The Hall–Kier alpha value is -2.90. The third-order valence-corrected chi connectivity index (χ3v) is 6.01. The van der Waals surface area contributed by atoms with Crippen LogP contribution in [0.15, 0.2) is 70.3 Å². The van der Waals surface area contributed by atoms with E-state index in [4.69, 9.17) is 9.15 Å². The molecule has 1 aromatic heterocycles. The molecule has 7 heteroatoms. The first kappa shape index (κ1) is 21.3. The lowest BCUT2D eigenvalue weighted by Crippen LogP contribution is -2.39. The van der Waals surface area contributed by atoms with Gasteiger partial charge in [0.25, 0.3) is 0 Å². The van der Waals surface area contributed by atoms with Crippen molar-refractivity contribution in [1.29, 1.82) is 0 Å². The average Bonchev–Trinajstić information content (AvgIpc) is 3.31. The number of oxazole rings is 1. The van der Waals surface area contributed by atoms with Crippen molar-refractivity contribution in [3.8, 4) is 0 Å². The molecule has 2 heterocycles. The molecule has 1 unspecified atom stereocenters. The summed E-state index contributed by atoms with van der Waals surface area (Å²) in [5, 5.41) is 0.875. The van der Waals surface area contributed by atoms with Crippen LogP contribution in [0.25, 0.3) is 0 Å². The molecule has 6 nitrogen and oxygen atoms in total. The largest absolute Gasteiger partial charge is 0.430 e. The molecular weight excluding hydrogens is 410 g/mol. The van der Waals surface area contributed by atoms with Crippen molar-refractivity contribution < 1.29 is 13.9 Å². The highest BCUT2D eigenvalue weighted by Gasteiger charge is 2.18. The van der Waals surface area contributed by atoms with Crippen molar-refractivity contribution >= 4 is 28.7 Å². The highest BCUT2D eigenvalue weighted by atomic mass is 32.2. The number of ketones is 1. The number of amidine groups is 1. The summed E-state index contributed by atoms with van der Waals surface area (Å²) in [4.78, 5) is 24.2. The second kappa shape index (κ2) is 9.94. The van der Waals surface area contributed by atoms with E-state index in [1.54, 1.807) is 18.0 Å². The van der Waals surface area contributed by atoms with E-state index in [-0.39, 0.29) is 11.7 Å². The van der Waals surface area contributed by atoms with Gasteiger partial charge in [-0.25, -0.2) is 0 Å². The number of hydrogen-bond donors (Lipinski definition) is 0. The Bertz CT molecular complexity index is 1060. The fourth-order valence-electron chi connectivity index (χ4n) is 3.48. The van der Waals surface area contributed by atoms with Crippen molar-refractivity contribution in [2.75, 3.05) is 32.6 Å². The van der Waals surface area contributed by atoms with Crippen LogP contribution in [-0.4, -0.2) is 53.4 Å². The van der Waals surface area contributed by atoms with Gasteiger partial charge in [0.05, 0.1) is 18.9 Å². The quantitative estimate of drug-likeness (QED) is 0.328. The van der Waals surface area contributed by atoms with E-state index in [1.165, 1.54) is 0 Å². The third-order valence-electron chi connectivity index (χ3n) is 5.29. The molecule has 0 saturated carbocycles. The van der Waals surface area contributed by atoms with Crippen molar-refractivity contribution in [1.82, 2.24) is 9.88 Å². The number of carbonyl (C=O) groups is 1. The zero-order valence-electron chi connectivity index (χ0n) is 17.7. The maximum atomic E-state index is 12.8. The Morgan fingerprint density at radius 2 is 1.84 bits per heavy atom. The van der Waals surface area contributed by atoms with E-state index < -0.39 is 0 Å². The van der Waals surface area contributed by atoms with E-state index >= 15 is 0 Å². The average molecular weight is 436 g/mol. The molecule has 0 amide bonds. The Labute approximate surface area is 186 Å². The van der Waals surface area contributed by atoms with Crippen LogP contribution in [0, 0.1) is 0 Å². The molecule has 0 aliphatic carbocycles. The number of nitrogens with zero attached hydrogens (tertiary/aromatic N) is 3. The van der Waals surface area contributed by atoms with Crippen molar-refractivity contribution in [3.63, 3.8) is 0 Å². The van der Waals surface area contributed by atoms with E-state index in [0.29, 0.717) is 30.4 Å².